The number of likely N-dealkylation sites (N-methyl/N-ethyl adjacent to an activating group) is 1. The number of sulfonamides is 1. The third kappa shape index (κ3) is 2.41. The summed E-state index contributed by atoms with van der Waals surface area (Å²) in [7, 11) is -1.48. The maximum absolute atomic E-state index is 11.2. The summed E-state index contributed by atoms with van der Waals surface area (Å²) >= 11 is 0. The van der Waals surface area contributed by atoms with Gasteiger partial charge in [0, 0.05) is 26.7 Å². The summed E-state index contributed by atoms with van der Waals surface area (Å²) in [5.41, 5.74) is 0. The van der Waals surface area contributed by atoms with E-state index in [9.17, 15) is 8.42 Å². The van der Waals surface area contributed by atoms with Crippen LogP contribution in [-0.4, -0.2) is 55.4 Å². The molecule has 1 heterocycles. The monoisotopic (exact) mass is 194 g/mol. The number of nitrogens with zero attached hydrogens (tertiary/aromatic N) is 2. The van der Waals surface area contributed by atoms with Gasteiger partial charge in [0.1, 0.15) is 0 Å². The largest absolute Gasteiger partial charge is 0.314 e. The molecule has 0 aliphatic carbocycles. The first kappa shape index (κ1) is 9.91. The Labute approximate surface area is 72.6 Å². The van der Waals surface area contributed by atoms with Crippen LogP contribution in [0.4, 0.5) is 0 Å². The van der Waals surface area contributed by atoms with Gasteiger partial charge in [0.15, 0.2) is 0 Å². The molecule has 1 aliphatic heterocycles. The molecule has 0 radical (unpaired) electrons. The first-order valence-corrected chi connectivity index (χ1v) is 5.51. The van der Waals surface area contributed by atoms with Gasteiger partial charge in [0.2, 0.25) is 10.0 Å². The number of hydrogen-bond donors (Lipinski definition) is 1. The van der Waals surface area contributed by atoms with Crippen LogP contribution in [0.15, 0.2) is 0 Å². The number of hydrogen-bond acceptors (Lipinski definition) is 4. The van der Waals surface area contributed by atoms with Crippen molar-refractivity contribution in [3.63, 3.8) is 0 Å². The third-order valence-electron chi connectivity index (χ3n) is 1.88. The Morgan fingerprint density at radius 2 is 2.25 bits per heavy atom. The van der Waals surface area contributed by atoms with Crippen molar-refractivity contribution in [2.75, 3.05) is 32.4 Å². The van der Waals surface area contributed by atoms with Gasteiger partial charge in [0.05, 0.1) is 5.75 Å². The van der Waals surface area contributed by atoms with E-state index < -0.39 is 10.0 Å². The van der Waals surface area contributed by atoms with Gasteiger partial charge >= 0.3 is 0 Å². The molecule has 0 bridgehead atoms. The van der Waals surface area contributed by atoms with Crippen LogP contribution in [-0.2, 0) is 10.0 Å². The molecule has 1 saturated heterocycles. The van der Waals surface area contributed by atoms with Gasteiger partial charge in [-0.25, -0.2) is 12.7 Å². The molecule has 0 saturated carbocycles. The average Bonchev–Trinajstić information content (AvgIpc) is 2.25. The zero-order valence-electron chi connectivity index (χ0n) is 7.10. The Bertz CT molecular complexity index is 237. The van der Waals surface area contributed by atoms with Crippen molar-refractivity contribution in [2.45, 2.75) is 6.42 Å². The lowest BCUT2D eigenvalue weighted by Crippen LogP contribution is -2.33. The highest BCUT2D eigenvalue weighted by molar-refractivity contribution is 7.89. The molecule has 0 unspecified atom stereocenters. The molecule has 5 nitrogen and oxygen atoms in total. The Balaban J connectivity index is 2.43. The molecule has 6 heteroatoms. The lowest BCUT2D eigenvalue weighted by atomic mass is 10.5. The van der Waals surface area contributed by atoms with Crippen LogP contribution in [0.2, 0.25) is 0 Å². The van der Waals surface area contributed by atoms with Crippen molar-refractivity contribution in [1.29, 1.82) is 0 Å². The van der Waals surface area contributed by atoms with E-state index in [1.54, 1.807) is 0 Å². The van der Waals surface area contributed by atoms with Gasteiger partial charge < -0.3 is 5.21 Å². The van der Waals surface area contributed by atoms with Crippen molar-refractivity contribution in [1.82, 2.24) is 9.37 Å². The topological polar surface area (TPSA) is 60.9 Å². The molecule has 72 valence electrons. The Kier molecular flexibility index (Phi) is 3.05. The smallest absolute Gasteiger partial charge is 0.214 e. The molecule has 0 aromatic carbocycles. The van der Waals surface area contributed by atoms with E-state index in [0.717, 1.165) is 5.06 Å². The summed E-state index contributed by atoms with van der Waals surface area (Å²) in [6.45, 7) is 1.34. The van der Waals surface area contributed by atoms with Crippen LogP contribution in [0, 0.1) is 0 Å². The van der Waals surface area contributed by atoms with Crippen molar-refractivity contribution in [3.8, 4) is 0 Å². The van der Waals surface area contributed by atoms with E-state index in [4.69, 9.17) is 5.21 Å². The highest BCUT2D eigenvalue weighted by Gasteiger charge is 2.27. The van der Waals surface area contributed by atoms with E-state index in [1.807, 2.05) is 0 Å². The minimum Gasteiger partial charge on any atom is -0.314 e. The number of rotatable bonds is 3. The summed E-state index contributed by atoms with van der Waals surface area (Å²) < 4.78 is 23.8. The highest BCUT2D eigenvalue weighted by Crippen LogP contribution is 2.11. The molecule has 1 N–H and O–H groups in total. The van der Waals surface area contributed by atoms with Crippen LogP contribution < -0.4 is 0 Å². The minimum absolute atomic E-state index is 0.252. The summed E-state index contributed by atoms with van der Waals surface area (Å²) in [4.78, 5) is 0. The lowest BCUT2D eigenvalue weighted by molar-refractivity contribution is -0.0658. The summed E-state index contributed by atoms with van der Waals surface area (Å²) in [5.74, 6) is 0.252. The Morgan fingerprint density at radius 1 is 1.58 bits per heavy atom. The first-order chi connectivity index (χ1) is 5.52. The lowest BCUT2D eigenvalue weighted by Gasteiger charge is -2.15. The van der Waals surface area contributed by atoms with Crippen molar-refractivity contribution < 1.29 is 13.6 Å². The first-order valence-electron chi connectivity index (χ1n) is 3.90. The molecular weight excluding hydrogens is 180 g/mol. The molecule has 0 aromatic heterocycles. The fourth-order valence-electron chi connectivity index (χ4n) is 1.20. The second kappa shape index (κ2) is 3.69. The highest BCUT2D eigenvalue weighted by atomic mass is 32.2. The fraction of sp³-hybridized carbons (Fsp3) is 1.00. The van der Waals surface area contributed by atoms with Crippen LogP contribution in [0.25, 0.3) is 0 Å². The van der Waals surface area contributed by atoms with Crippen molar-refractivity contribution >= 4 is 10.0 Å². The molecular formula is C6H14N2O3S. The van der Waals surface area contributed by atoms with E-state index in [-0.39, 0.29) is 5.75 Å². The fourth-order valence-corrected chi connectivity index (χ4v) is 2.72. The standard InChI is InChI=1S/C6H14N2O3S/c1-7(9)4-5-8-3-2-6-12(8,10)11/h9H,2-6H2,1H3. The van der Waals surface area contributed by atoms with Gasteiger partial charge in [-0.3, -0.25) is 0 Å². The zero-order chi connectivity index (χ0) is 9.19. The van der Waals surface area contributed by atoms with E-state index in [1.165, 1.54) is 11.4 Å². The molecule has 0 amide bonds. The Morgan fingerprint density at radius 3 is 2.67 bits per heavy atom. The molecule has 1 rings (SSSR count). The SMILES string of the molecule is CN(O)CCN1CCCS1(=O)=O. The van der Waals surface area contributed by atoms with Gasteiger partial charge in [0.25, 0.3) is 0 Å². The molecule has 12 heavy (non-hydrogen) atoms. The van der Waals surface area contributed by atoms with Crippen LogP contribution in [0.5, 0.6) is 0 Å². The molecule has 1 aliphatic rings. The van der Waals surface area contributed by atoms with Gasteiger partial charge in [-0.05, 0) is 6.42 Å². The van der Waals surface area contributed by atoms with Crippen molar-refractivity contribution in [2.24, 2.45) is 0 Å². The third-order valence-corrected chi connectivity index (χ3v) is 3.83. The second-order valence-electron chi connectivity index (χ2n) is 2.95. The quantitative estimate of drug-likeness (QED) is 0.606. The zero-order valence-corrected chi connectivity index (χ0v) is 7.92. The molecule has 0 atom stereocenters. The summed E-state index contributed by atoms with van der Waals surface area (Å²) in [5, 5.41) is 9.79. The second-order valence-corrected chi connectivity index (χ2v) is 5.04. The minimum atomic E-state index is -2.99. The average molecular weight is 194 g/mol. The maximum atomic E-state index is 11.2. The van der Waals surface area contributed by atoms with Crippen LogP contribution >= 0.6 is 0 Å². The summed E-state index contributed by atoms with van der Waals surface area (Å²) in [6, 6.07) is 0. The van der Waals surface area contributed by atoms with Crippen LogP contribution in [0.3, 0.4) is 0 Å². The van der Waals surface area contributed by atoms with Gasteiger partial charge in [-0.1, -0.05) is 0 Å². The van der Waals surface area contributed by atoms with Gasteiger partial charge in [-0.15, -0.1) is 0 Å². The van der Waals surface area contributed by atoms with Crippen LogP contribution in [0.1, 0.15) is 6.42 Å². The maximum Gasteiger partial charge on any atom is 0.214 e. The predicted octanol–water partition coefficient (Wildman–Crippen LogP) is -0.657. The van der Waals surface area contributed by atoms with E-state index >= 15 is 0 Å². The molecule has 1 fully saturated rings. The number of hydroxylamine groups is 2. The normalized spacial score (nSPS) is 23.6. The van der Waals surface area contributed by atoms with E-state index in [2.05, 4.69) is 0 Å². The predicted molar refractivity (Wildman–Crippen MR) is 44.4 cm³/mol. The van der Waals surface area contributed by atoms with E-state index in [0.29, 0.717) is 26.1 Å². The molecule has 0 aromatic rings. The van der Waals surface area contributed by atoms with Gasteiger partial charge in [-0.2, -0.15) is 5.06 Å². The molecule has 0 spiro atoms. The van der Waals surface area contributed by atoms with Crippen molar-refractivity contribution in [3.05, 3.63) is 0 Å². The summed E-state index contributed by atoms with van der Waals surface area (Å²) in [6.07, 6.45) is 0.706. The Hall–Kier alpha value is -0.170.